The Balaban J connectivity index is 2.15. The molecule has 1 aromatic rings. The quantitative estimate of drug-likeness (QED) is 0.756. The summed E-state index contributed by atoms with van der Waals surface area (Å²) in [6.45, 7) is 0.392. The van der Waals surface area contributed by atoms with E-state index in [1.54, 1.807) is 11.0 Å². The third-order valence-corrected chi connectivity index (χ3v) is 5.79. The summed E-state index contributed by atoms with van der Waals surface area (Å²) in [7, 11) is -2.25. The second-order valence-electron chi connectivity index (χ2n) is 6.15. The Kier molecular flexibility index (Phi) is 6.35. The van der Waals surface area contributed by atoms with E-state index in [1.165, 1.54) is 19.2 Å². The molecule has 1 saturated heterocycles. The largest absolute Gasteiger partial charge is 0.495 e. The Hall–Kier alpha value is -2.00. The summed E-state index contributed by atoms with van der Waals surface area (Å²) in [4.78, 5) is 25.3. The van der Waals surface area contributed by atoms with E-state index < -0.39 is 10.0 Å². The first-order chi connectivity index (χ1) is 12.1. The molecule has 10 heteroatoms. The predicted molar refractivity (Wildman–Crippen MR) is 98.7 cm³/mol. The summed E-state index contributed by atoms with van der Waals surface area (Å²) in [6.07, 6.45) is 1.99. The van der Waals surface area contributed by atoms with E-state index in [0.29, 0.717) is 31.7 Å². The summed E-state index contributed by atoms with van der Waals surface area (Å²) < 4.78 is 30.4. The maximum Gasteiger partial charge on any atom is 0.243 e. The van der Waals surface area contributed by atoms with E-state index in [4.69, 9.17) is 22.1 Å². The predicted octanol–water partition coefficient (Wildman–Crippen LogP) is 0.838. The summed E-state index contributed by atoms with van der Waals surface area (Å²) in [5.41, 5.74) is 5.56. The monoisotopic (exact) mass is 403 g/mol. The number of primary amides is 1. The van der Waals surface area contributed by atoms with Gasteiger partial charge in [0.15, 0.2) is 0 Å². The van der Waals surface area contributed by atoms with Crippen LogP contribution in [0.4, 0.5) is 5.69 Å². The summed E-state index contributed by atoms with van der Waals surface area (Å²) in [5.74, 6) is -0.554. The molecule has 0 atom stereocenters. The van der Waals surface area contributed by atoms with Gasteiger partial charge in [0.2, 0.25) is 21.8 Å². The highest BCUT2D eigenvalue weighted by atomic mass is 35.5. The van der Waals surface area contributed by atoms with Crippen LogP contribution >= 0.6 is 11.6 Å². The maximum absolute atomic E-state index is 12.6. The van der Waals surface area contributed by atoms with Crippen molar-refractivity contribution in [3.05, 3.63) is 23.2 Å². The van der Waals surface area contributed by atoms with Gasteiger partial charge < -0.3 is 15.4 Å². The van der Waals surface area contributed by atoms with Crippen molar-refractivity contribution in [1.29, 1.82) is 0 Å². The number of rotatable bonds is 6. The molecule has 144 valence electrons. The fraction of sp³-hybridized carbons (Fsp3) is 0.500. The average Bonchev–Trinajstić information content (AvgIpc) is 2.58. The van der Waals surface area contributed by atoms with Crippen molar-refractivity contribution in [1.82, 2.24) is 4.90 Å². The fourth-order valence-corrected chi connectivity index (χ4v) is 3.94. The minimum absolute atomic E-state index is 0.244. The number of hydrogen-bond donors (Lipinski definition) is 1. The number of amides is 2. The van der Waals surface area contributed by atoms with Gasteiger partial charge in [-0.05, 0) is 31.0 Å². The number of nitrogens with two attached hydrogens (primary N) is 1. The van der Waals surface area contributed by atoms with Gasteiger partial charge in [0, 0.05) is 19.0 Å². The highest BCUT2D eigenvalue weighted by Crippen LogP contribution is 2.30. The highest BCUT2D eigenvalue weighted by Gasteiger charge is 2.29. The van der Waals surface area contributed by atoms with Crippen molar-refractivity contribution in [3.8, 4) is 5.75 Å². The number of piperidine rings is 1. The van der Waals surface area contributed by atoms with E-state index in [-0.39, 0.29) is 35.0 Å². The lowest BCUT2D eigenvalue weighted by atomic mass is 9.96. The van der Waals surface area contributed by atoms with E-state index in [1.807, 2.05) is 0 Å². The minimum Gasteiger partial charge on any atom is -0.495 e. The van der Waals surface area contributed by atoms with Gasteiger partial charge in [-0.2, -0.15) is 0 Å². The number of halogens is 1. The molecule has 1 aromatic carbocycles. The van der Waals surface area contributed by atoms with Crippen LogP contribution in [0.3, 0.4) is 0 Å². The van der Waals surface area contributed by atoms with Crippen LogP contribution in [-0.4, -0.2) is 58.1 Å². The summed E-state index contributed by atoms with van der Waals surface area (Å²) in [6, 6.07) is 4.51. The molecule has 0 bridgehead atoms. The molecule has 0 aliphatic carbocycles. The number of anilines is 1. The lowest BCUT2D eigenvalue weighted by molar-refractivity contribution is -0.133. The van der Waals surface area contributed by atoms with Crippen molar-refractivity contribution in [2.24, 2.45) is 11.7 Å². The summed E-state index contributed by atoms with van der Waals surface area (Å²) in [5, 5.41) is 0.244. The topological polar surface area (TPSA) is 110 Å². The third kappa shape index (κ3) is 4.79. The van der Waals surface area contributed by atoms with Gasteiger partial charge in [0.05, 0.1) is 24.1 Å². The van der Waals surface area contributed by atoms with E-state index >= 15 is 0 Å². The summed E-state index contributed by atoms with van der Waals surface area (Å²) >= 11 is 6.07. The number of likely N-dealkylation sites (tertiary alicyclic amines) is 1. The first kappa shape index (κ1) is 20.3. The number of ether oxygens (including phenoxy) is 1. The number of hydrogen-bond acceptors (Lipinski definition) is 5. The molecule has 26 heavy (non-hydrogen) atoms. The molecule has 0 aromatic heterocycles. The standard InChI is InChI=1S/C16H22ClN3O5S/c1-25-14-4-3-12(9-13(14)17)20(26(2,23)24)10-15(21)19-7-5-11(6-8-19)16(18)22/h3-4,9,11H,5-8,10H2,1-2H3,(H2,18,22). The Bertz CT molecular complexity index is 791. The normalized spacial score (nSPS) is 15.6. The first-order valence-corrected chi connectivity index (χ1v) is 10.2. The minimum atomic E-state index is -3.70. The molecular formula is C16H22ClN3O5S. The van der Waals surface area contributed by atoms with Crippen LogP contribution in [0.5, 0.6) is 5.75 Å². The van der Waals surface area contributed by atoms with Gasteiger partial charge in [-0.15, -0.1) is 0 Å². The second kappa shape index (κ2) is 8.13. The molecule has 2 rings (SSSR count). The number of benzene rings is 1. The lowest BCUT2D eigenvalue weighted by Gasteiger charge is -2.32. The molecule has 1 aliphatic rings. The van der Waals surface area contributed by atoms with Crippen LogP contribution in [0.2, 0.25) is 5.02 Å². The zero-order valence-corrected chi connectivity index (χ0v) is 16.2. The van der Waals surface area contributed by atoms with E-state index in [2.05, 4.69) is 0 Å². The van der Waals surface area contributed by atoms with Crippen molar-refractivity contribution < 1.29 is 22.7 Å². The molecule has 0 unspecified atom stereocenters. The number of carbonyl (C=O) groups excluding carboxylic acids is 2. The third-order valence-electron chi connectivity index (χ3n) is 4.35. The van der Waals surface area contributed by atoms with Crippen LogP contribution in [0, 0.1) is 5.92 Å². The molecule has 1 aliphatic heterocycles. The van der Waals surface area contributed by atoms with Gasteiger partial charge >= 0.3 is 0 Å². The zero-order valence-electron chi connectivity index (χ0n) is 14.6. The Morgan fingerprint density at radius 2 is 1.96 bits per heavy atom. The lowest BCUT2D eigenvalue weighted by Crippen LogP contribution is -2.47. The van der Waals surface area contributed by atoms with Crippen molar-refractivity contribution in [2.75, 3.05) is 37.3 Å². The molecule has 0 saturated carbocycles. The van der Waals surface area contributed by atoms with Gasteiger partial charge in [-0.1, -0.05) is 11.6 Å². The molecule has 1 fully saturated rings. The Morgan fingerprint density at radius 3 is 2.42 bits per heavy atom. The zero-order chi connectivity index (χ0) is 19.5. The van der Waals surface area contributed by atoms with Crippen molar-refractivity contribution in [3.63, 3.8) is 0 Å². The second-order valence-corrected chi connectivity index (χ2v) is 8.46. The molecule has 1 heterocycles. The number of nitrogens with zero attached hydrogens (tertiary/aromatic N) is 2. The van der Waals surface area contributed by atoms with Crippen LogP contribution in [-0.2, 0) is 19.6 Å². The molecule has 8 nitrogen and oxygen atoms in total. The van der Waals surface area contributed by atoms with Crippen molar-refractivity contribution >= 4 is 39.1 Å². The average molecular weight is 404 g/mol. The molecule has 0 radical (unpaired) electrons. The molecule has 2 amide bonds. The SMILES string of the molecule is COc1ccc(N(CC(=O)N2CCC(C(N)=O)CC2)S(C)(=O)=O)cc1Cl. The van der Waals surface area contributed by atoms with E-state index in [9.17, 15) is 18.0 Å². The van der Waals surface area contributed by atoms with E-state index in [0.717, 1.165) is 10.6 Å². The van der Waals surface area contributed by atoms with Crippen LogP contribution in [0.25, 0.3) is 0 Å². The van der Waals surface area contributed by atoms with Gasteiger partial charge in [-0.25, -0.2) is 8.42 Å². The highest BCUT2D eigenvalue weighted by molar-refractivity contribution is 7.92. The smallest absolute Gasteiger partial charge is 0.243 e. The number of sulfonamides is 1. The Labute approximate surface area is 157 Å². The van der Waals surface area contributed by atoms with Gasteiger partial charge in [0.1, 0.15) is 12.3 Å². The fourth-order valence-electron chi connectivity index (χ4n) is 2.85. The van der Waals surface area contributed by atoms with Crippen LogP contribution in [0.15, 0.2) is 18.2 Å². The Morgan fingerprint density at radius 1 is 1.35 bits per heavy atom. The van der Waals surface area contributed by atoms with Crippen molar-refractivity contribution in [2.45, 2.75) is 12.8 Å². The number of carbonyl (C=O) groups is 2. The first-order valence-electron chi connectivity index (χ1n) is 8.02. The molecular weight excluding hydrogens is 382 g/mol. The number of methoxy groups -OCH3 is 1. The van der Waals surface area contributed by atoms with Crippen LogP contribution < -0.4 is 14.8 Å². The van der Waals surface area contributed by atoms with Gasteiger partial charge in [0.25, 0.3) is 0 Å². The van der Waals surface area contributed by atoms with Gasteiger partial charge in [-0.3, -0.25) is 13.9 Å². The molecule has 0 spiro atoms. The maximum atomic E-state index is 12.6. The molecule has 2 N–H and O–H groups in total. The van der Waals surface area contributed by atoms with Crippen LogP contribution in [0.1, 0.15) is 12.8 Å².